The van der Waals surface area contributed by atoms with E-state index in [4.69, 9.17) is 0 Å². The largest absolute Gasteiger partial charge is 0.337 e. The molecule has 1 amide bonds. The average Bonchev–Trinajstić information content (AvgIpc) is 2.68. The van der Waals surface area contributed by atoms with Crippen molar-refractivity contribution in [1.82, 2.24) is 14.7 Å². The molecule has 0 atom stereocenters. The van der Waals surface area contributed by atoms with Crippen molar-refractivity contribution >= 4 is 5.91 Å². The third-order valence-electron chi connectivity index (χ3n) is 3.35. The second kappa shape index (κ2) is 4.05. The maximum absolute atomic E-state index is 11.8. The number of aryl methyl sites for hydroxylation is 1. The monoisotopic (exact) mass is 255 g/mol. The number of amides is 1. The van der Waals surface area contributed by atoms with Crippen LogP contribution in [0.3, 0.4) is 0 Å². The Bertz CT molecular complexity index is 734. The highest BCUT2D eigenvalue weighted by Crippen LogP contribution is 2.26. The summed E-state index contributed by atoms with van der Waals surface area (Å²) < 4.78 is 1.31. The van der Waals surface area contributed by atoms with Crippen LogP contribution in [0.25, 0.3) is 11.3 Å². The predicted molar refractivity (Wildman–Crippen MR) is 70.7 cm³/mol. The van der Waals surface area contributed by atoms with Crippen LogP contribution in [0.1, 0.15) is 15.9 Å². The molecule has 0 saturated carbocycles. The fourth-order valence-corrected chi connectivity index (χ4v) is 2.28. The minimum absolute atomic E-state index is 0.0509. The SMILES string of the molecule is CN1Cc2cc(-c3ccc(=O)n(C)n3)ccc2C1=O. The summed E-state index contributed by atoms with van der Waals surface area (Å²) in [7, 11) is 3.41. The van der Waals surface area contributed by atoms with Gasteiger partial charge >= 0.3 is 0 Å². The van der Waals surface area contributed by atoms with Crippen molar-refractivity contribution in [1.29, 1.82) is 0 Å². The van der Waals surface area contributed by atoms with E-state index in [1.807, 2.05) is 18.2 Å². The van der Waals surface area contributed by atoms with Gasteiger partial charge in [-0.2, -0.15) is 5.10 Å². The Morgan fingerprint density at radius 3 is 2.63 bits per heavy atom. The first-order valence-electron chi connectivity index (χ1n) is 5.99. The van der Waals surface area contributed by atoms with E-state index in [0.29, 0.717) is 6.54 Å². The van der Waals surface area contributed by atoms with Crippen LogP contribution in [-0.2, 0) is 13.6 Å². The van der Waals surface area contributed by atoms with Gasteiger partial charge in [0.25, 0.3) is 11.5 Å². The number of nitrogens with zero attached hydrogens (tertiary/aromatic N) is 3. The van der Waals surface area contributed by atoms with Crippen molar-refractivity contribution in [3.63, 3.8) is 0 Å². The van der Waals surface area contributed by atoms with Crippen LogP contribution in [0, 0.1) is 0 Å². The molecule has 2 aromatic rings. The Balaban J connectivity index is 2.08. The van der Waals surface area contributed by atoms with Crippen LogP contribution in [0.4, 0.5) is 0 Å². The summed E-state index contributed by atoms with van der Waals surface area (Å²) in [5.74, 6) is 0.0509. The molecule has 0 aliphatic carbocycles. The number of hydrogen-bond acceptors (Lipinski definition) is 3. The van der Waals surface area contributed by atoms with Crippen LogP contribution in [0.5, 0.6) is 0 Å². The number of hydrogen-bond donors (Lipinski definition) is 0. The first-order valence-corrected chi connectivity index (χ1v) is 5.99. The molecule has 5 heteroatoms. The van der Waals surface area contributed by atoms with Crippen LogP contribution in [0.2, 0.25) is 0 Å². The zero-order valence-electron chi connectivity index (χ0n) is 10.8. The number of benzene rings is 1. The fraction of sp³-hybridized carbons (Fsp3) is 0.214. The van der Waals surface area contributed by atoms with E-state index in [2.05, 4.69) is 5.10 Å². The van der Waals surface area contributed by atoms with E-state index in [1.54, 1.807) is 25.1 Å². The van der Waals surface area contributed by atoms with Crippen LogP contribution >= 0.6 is 0 Å². The molecule has 1 aromatic heterocycles. The van der Waals surface area contributed by atoms with E-state index in [-0.39, 0.29) is 11.5 Å². The Morgan fingerprint density at radius 1 is 1.11 bits per heavy atom. The van der Waals surface area contributed by atoms with Crippen molar-refractivity contribution in [2.75, 3.05) is 7.05 Å². The standard InChI is InChI=1S/C14H13N3O2/c1-16-8-10-7-9(3-4-11(10)14(16)19)12-5-6-13(18)17(2)15-12/h3-7H,8H2,1-2H3. The quantitative estimate of drug-likeness (QED) is 0.765. The van der Waals surface area contributed by atoms with E-state index < -0.39 is 0 Å². The molecule has 1 aliphatic heterocycles. The molecule has 0 bridgehead atoms. The highest BCUT2D eigenvalue weighted by Gasteiger charge is 2.24. The predicted octanol–water partition coefficient (Wildman–Crippen LogP) is 1.03. The lowest BCUT2D eigenvalue weighted by atomic mass is 10.0. The molecule has 1 aromatic carbocycles. The third-order valence-corrected chi connectivity index (χ3v) is 3.35. The van der Waals surface area contributed by atoms with Crippen molar-refractivity contribution in [3.05, 3.63) is 51.8 Å². The molecule has 0 unspecified atom stereocenters. The third kappa shape index (κ3) is 1.83. The van der Waals surface area contributed by atoms with Gasteiger partial charge in [0, 0.05) is 37.8 Å². The van der Waals surface area contributed by atoms with Crippen LogP contribution in [0.15, 0.2) is 35.1 Å². The van der Waals surface area contributed by atoms with Gasteiger partial charge in [0.05, 0.1) is 5.69 Å². The summed E-state index contributed by atoms with van der Waals surface area (Å²) in [4.78, 5) is 24.8. The molecule has 96 valence electrons. The summed E-state index contributed by atoms with van der Waals surface area (Å²) in [5, 5.41) is 4.21. The topological polar surface area (TPSA) is 55.2 Å². The molecular weight excluding hydrogens is 242 g/mol. The lowest BCUT2D eigenvalue weighted by Crippen LogP contribution is -2.18. The first-order chi connectivity index (χ1) is 9.06. The van der Waals surface area contributed by atoms with Gasteiger partial charge in [0.2, 0.25) is 0 Å². The lowest BCUT2D eigenvalue weighted by molar-refractivity contribution is 0.0816. The molecular formula is C14H13N3O2. The van der Waals surface area contributed by atoms with Gasteiger partial charge in [0.15, 0.2) is 0 Å². The van der Waals surface area contributed by atoms with Gasteiger partial charge in [0.1, 0.15) is 0 Å². The molecule has 3 rings (SSSR count). The zero-order chi connectivity index (χ0) is 13.6. The molecule has 0 fully saturated rings. The van der Waals surface area contributed by atoms with Crippen LogP contribution in [-0.4, -0.2) is 27.6 Å². The number of fused-ring (bicyclic) bond motifs is 1. The zero-order valence-corrected chi connectivity index (χ0v) is 10.8. The fourth-order valence-electron chi connectivity index (χ4n) is 2.28. The summed E-state index contributed by atoms with van der Waals surface area (Å²) in [6.07, 6.45) is 0. The van der Waals surface area contributed by atoms with Gasteiger partial charge in [-0.15, -0.1) is 0 Å². The van der Waals surface area contributed by atoms with Gasteiger partial charge < -0.3 is 4.90 Å². The van der Waals surface area contributed by atoms with Gasteiger partial charge in [-0.25, -0.2) is 4.68 Å². The summed E-state index contributed by atoms with van der Waals surface area (Å²) in [5.41, 5.74) is 3.25. The number of aromatic nitrogens is 2. The van der Waals surface area contributed by atoms with Gasteiger partial charge in [-0.05, 0) is 23.8 Å². The number of rotatable bonds is 1. The molecule has 0 spiro atoms. The molecule has 5 nitrogen and oxygen atoms in total. The van der Waals surface area contributed by atoms with Crippen molar-refractivity contribution in [2.24, 2.45) is 7.05 Å². The molecule has 19 heavy (non-hydrogen) atoms. The number of carbonyl (C=O) groups excluding carboxylic acids is 1. The van der Waals surface area contributed by atoms with Crippen molar-refractivity contribution in [2.45, 2.75) is 6.54 Å². The van der Waals surface area contributed by atoms with Gasteiger partial charge in [-0.1, -0.05) is 6.07 Å². The highest BCUT2D eigenvalue weighted by molar-refractivity contribution is 5.98. The highest BCUT2D eigenvalue weighted by atomic mass is 16.2. The first kappa shape index (κ1) is 11.6. The lowest BCUT2D eigenvalue weighted by Gasteiger charge is -2.05. The summed E-state index contributed by atoms with van der Waals surface area (Å²) in [6, 6.07) is 8.84. The maximum atomic E-state index is 11.8. The normalized spacial score (nSPS) is 13.8. The van der Waals surface area contributed by atoms with Crippen molar-refractivity contribution < 1.29 is 4.79 Å². The Kier molecular flexibility index (Phi) is 2.48. The minimum atomic E-state index is -0.139. The average molecular weight is 255 g/mol. The Labute approximate surface area is 110 Å². The molecule has 0 radical (unpaired) electrons. The molecule has 0 N–H and O–H groups in total. The number of carbonyl (C=O) groups is 1. The van der Waals surface area contributed by atoms with E-state index >= 15 is 0 Å². The minimum Gasteiger partial charge on any atom is -0.337 e. The molecule has 1 aliphatic rings. The molecule has 0 saturated heterocycles. The smallest absolute Gasteiger partial charge is 0.266 e. The summed E-state index contributed by atoms with van der Waals surface area (Å²) in [6.45, 7) is 0.619. The van der Waals surface area contributed by atoms with Crippen molar-refractivity contribution in [3.8, 4) is 11.3 Å². The van der Waals surface area contributed by atoms with Gasteiger partial charge in [-0.3, -0.25) is 9.59 Å². The Morgan fingerprint density at radius 2 is 1.89 bits per heavy atom. The molecule has 2 heterocycles. The second-order valence-corrected chi connectivity index (χ2v) is 4.71. The summed E-state index contributed by atoms with van der Waals surface area (Å²) >= 11 is 0. The van der Waals surface area contributed by atoms with E-state index in [9.17, 15) is 9.59 Å². The second-order valence-electron chi connectivity index (χ2n) is 4.71. The Hall–Kier alpha value is -2.43. The van der Waals surface area contributed by atoms with E-state index in [1.165, 1.54) is 10.7 Å². The van der Waals surface area contributed by atoms with E-state index in [0.717, 1.165) is 22.4 Å². The maximum Gasteiger partial charge on any atom is 0.266 e. The van der Waals surface area contributed by atoms with Crippen LogP contribution < -0.4 is 5.56 Å².